The Bertz CT molecular complexity index is 744. The third-order valence-electron chi connectivity index (χ3n) is 2.60. The fraction of sp³-hybridized carbons (Fsp3) is 0.273. The van der Waals surface area contributed by atoms with E-state index in [1.165, 1.54) is 16.8 Å². The van der Waals surface area contributed by atoms with Crippen LogP contribution in [0.5, 0.6) is 0 Å². The molecule has 0 spiro atoms. The molecule has 0 atom stereocenters. The smallest absolute Gasteiger partial charge is 0.352 e. The third kappa shape index (κ3) is 2.67. The highest BCUT2D eigenvalue weighted by Gasteiger charge is 2.22. The molecule has 2 heterocycles. The average molecular weight is 299 g/mol. The van der Waals surface area contributed by atoms with Crippen LogP contribution in [0.25, 0.3) is 0 Å². The Balaban J connectivity index is 2.37. The molecule has 0 saturated heterocycles. The van der Waals surface area contributed by atoms with Crippen LogP contribution >= 0.6 is 0 Å². The second-order valence-corrected chi connectivity index (χ2v) is 5.77. The maximum absolute atomic E-state index is 12.1. The van der Waals surface area contributed by atoms with Crippen molar-refractivity contribution in [3.63, 3.8) is 0 Å². The summed E-state index contributed by atoms with van der Waals surface area (Å²) in [6.07, 6.45) is 1.26. The summed E-state index contributed by atoms with van der Waals surface area (Å²) in [6.45, 7) is 3.71. The summed E-state index contributed by atoms with van der Waals surface area (Å²) in [6, 6.07) is 2.52. The molecule has 0 aliphatic carbocycles. The lowest BCUT2D eigenvalue weighted by Crippen LogP contribution is -2.11. The highest BCUT2D eigenvalue weighted by molar-refractivity contribution is 7.92. The number of carboxylic acid groups (broad SMARTS) is 1. The number of anilines is 1. The Morgan fingerprint density at radius 1 is 1.50 bits per heavy atom. The van der Waals surface area contributed by atoms with E-state index in [1.54, 1.807) is 13.8 Å². The number of aromatic nitrogens is 2. The third-order valence-corrected chi connectivity index (χ3v) is 3.92. The predicted molar refractivity (Wildman–Crippen MR) is 69.1 cm³/mol. The Morgan fingerprint density at radius 3 is 2.65 bits per heavy atom. The Kier molecular flexibility index (Phi) is 3.53. The highest BCUT2D eigenvalue weighted by atomic mass is 32.2. The van der Waals surface area contributed by atoms with Crippen LogP contribution in [0.2, 0.25) is 0 Å². The van der Waals surface area contributed by atoms with Crippen LogP contribution in [0.15, 0.2) is 27.7 Å². The molecule has 0 fully saturated rings. The van der Waals surface area contributed by atoms with Crippen molar-refractivity contribution in [1.29, 1.82) is 0 Å². The molecule has 0 aromatic carbocycles. The molecule has 2 rings (SSSR count). The van der Waals surface area contributed by atoms with Gasteiger partial charge in [-0.2, -0.15) is 0 Å². The number of nitrogens with one attached hydrogen (secondary N) is 1. The van der Waals surface area contributed by atoms with Crippen molar-refractivity contribution in [2.45, 2.75) is 25.3 Å². The van der Waals surface area contributed by atoms with Crippen LogP contribution in [0.1, 0.15) is 23.1 Å². The van der Waals surface area contributed by atoms with E-state index in [0.717, 1.165) is 6.07 Å². The first kappa shape index (κ1) is 14.1. The number of aromatic carboxylic acids is 1. The normalized spacial score (nSPS) is 11.5. The summed E-state index contributed by atoms with van der Waals surface area (Å²) < 4.78 is 32.5. The molecular formula is C11H13N3O5S. The molecule has 8 nitrogen and oxygen atoms in total. The summed E-state index contributed by atoms with van der Waals surface area (Å²) in [5, 5.41) is 12.6. The largest absolute Gasteiger partial charge is 0.477 e. The zero-order valence-corrected chi connectivity index (χ0v) is 11.6. The first-order chi connectivity index (χ1) is 9.33. The number of hydrogen-bond donors (Lipinski definition) is 2. The number of aryl methyl sites for hydroxylation is 2. The predicted octanol–water partition coefficient (Wildman–Crippen LogP) is 1.30. The van der Waals surface area contributed by atoms with Gasteiger partial charge in [-0.25, -0.2) is 17.9 Å². The number of carboxylic acids is 1. The van der Waals surface area contributed by atoms with Crippen LogP contribution in [-0.2, 0) is 16.6 Å². The van der Waals surface area contributed by atoms with Gasteiger partial charge in [-0.15, -0.1) is 0 Å². The van der Waals surface area contributed by atoms with Gasteiger partial charge in [0.1, 0.15) is 10.6 Å². The van der Waals surface area contributed by atoms with Crippen molar-refractivity contribution in [3.8, 4) is 0 Å². The van der Waals surface area contributed by atoms with Crippen LogP contribution in [0.4, 0.5) is 5.88 Å². The van der Waals surface area contributed by atoms with Gasteiger partial charge in [0, 0.05) is 18.8 Å². The Hall–Kier alpha value is -2.29. The van der Waals surface area contributed by atoms with E-state index < -0.39 is 16.0 Å². The monoisotopic (exact) mass is 299 g/mol. The topological polar surface area (TPSA) is 114 Å². The van der Waals surface area contributed by atoms with Crippen LogP contribution in [0.3, 0.4) is 0 Å². The Labute approximate surface area is 115 Å². The summed E-state index contributed by atoms with van der Waals surface area (Å²) >= 11 is 0. The van der Waals surface area contributed by atoms with E-state index in [-0.39, 0.29) is 16.5 Å². The molecule has 0 amide bonds. The molecule has 0 bridgehead atoms. The molecule has 0 aliphatic rings. The fourth-order valence-electron chi connectivity index (χ4n) is 1.67. The van der Waals surface area contributed by atoms with Gasteiger partial charge in [0.2, 0.25) is 5.88 Å². The Morgan fingerprint density at radius 2 is 2.20 bits per heavy atom. The zero-order chi connectivity index (χ0) is 14.9. The molecule has 2 aromatic rings. The van der Waals surface area contributed by atoms with Crippen molar-refractivity contribution < 1.29 is 22.8 Å². The van der Waals surface area contributed by atoms with Crippen molar-refractivity contribution >= 4 is 21.9 Å². The minimum atomic E-state index is -3.91. The van der Waals surface area contributed by atoms with Crippen molar-refractivity contribution in [1.82, 2.24) is 9.72 Å². The summed E-state index contributed by atoms with van der Waals surface area (Å²) in [5.74, 6) is -1.22. The highest BCUT2D eigenvalue weighted by Crippen LogP contribution is 2.19. The first-order valence-electron chi connectivity index (χ1n) is 5.73. The molecular weight excluding hydrogens is 286 g/mol. The lowest BCUT2D eigenvalue weighted by molar-refractivity contribution is 0.0685. The van der Waals surface area contributed by atoms with Crippen LogP contribution in [0, 0.1) is 6.92 Å². The number of sulfonamides is 1. The van der Waals surface area contributed by atoms with E-state index in [9.17, 15) is 13.2 Å². The van der Waals surface area contributed by atoms with Gasteiger partial charge in [-0.3, -0.25) is 0 Å². The molecule has 0 unspecified atom stereocenters. The number of hydrogen-bond acceptors (Lipinski definition) is 5. The molecule has 2 aromatic heterocycles. The van der Waals surface area contributed by atoms with Gasteiger partial charge < -0.3 is 14.2 Å². The van der Waals surface area contributed by atoms with E-state index in [4.69, 9.17) is 9.63 Å². The fourth-order valence-corrected chi connectivity index (χ4v) is 2.69. The molecule has 108 valence electrons. The lowest BCUT2D eigenvalue weighted by atomic mass is 10.4. The molecule has 0 radical (unpaired) electrons. The molecule has 2 N–H and O–H groups in total. The van der Waals surface area contributed by atoms with Gasteiger partial charge in [-0.1, -0.05) is 5.16 Å². The molecule has 0 aliphatic heterocycles. The van der Waals surface area contributed by atoms with Gasteiger partial charge in [0.15, 0.2) is 0 Å². The van der Waals surface area contributed by atoms with Crippen LogP contribution in [-0.4, -0.2) is 29.2 Å². The van der Waals surface area contributed by atoms with Crippen molar-refractivity contribution in [3.05, 3.63) is 29.7 Å². The molecule has 9 heteroatoms. The number of nitrogens with zero attached hydrogens (tertiary/aromatic N) is 2. The quantitative estimate of drug-likeness (QED) is 0.860. The standard InChI is InChI=1S/C11H13N3O5S/c1-3-14-6-8(5-9(14)11(15)16)20(17,18)13-10-4-7(2)12-19-10/h4-6,13H,3H2,1-2H3,(H,15,16). The minimum Gasteiger partial charge on any atom is -0.477 e. The summed E-state index contributed by atoms with van der Waals surface area (Å²) in [7, 11) is -3.91. The average Bonchev–Trinajstić information content (AvgIpc) is 2.95. The second-order valence-electron chi connectivity index (χ2n) is 4.09. The van der Waals surface area contributed by atoms with Crippen LogP contribution < -0.4 is 4.72 Å². The van der Waals surface area contributed by atoms with E-state index in [1.807, 2.05) is 0 Å². The number of carbonyl (C=O) groups is 1. The molecule has 20 heavy (non-hydrogen) atoms. The van der Waals surface area contributed by atoms with Crippen molar-refractivity contribution in [2.24, 2.45) is 0 Å². The van der Waals surface area contributed by atoms with Gasteiger partial charge in [-0.05, 0) is 19.9 Å². The minimum absolute atomic E-state index is 0.0244. The maximum atomic E-state index is 12.1. The van der Waals surface area contributed by atoms with Gasteiger partial charge >= 0.3 is 5.97 Å². The van der Waals surface area contributed by atoms with E-state index in [0.29, 0.717) is 12.2 Å². The van der Waals surface area contributed by atoms with E-state index in [2.05, 4.69) is 9.88 Å². The SMILES string of the molecule is CCn1cc(S(=O)(=O)Nc2cc(C)no2)cc1C(=O)O. The maximum Gasteiger partial charge on any atom is 0.352 e. The summed E-state index contributed by atoms with van der Waals surface area (Å²) in [4.78, 5) is 10.9. The first-order valence-corrected chi connectivity index (χ1v) is 7.21. The molecule has 0 saturated carbocycles. The zero-order valence-electron chi connectivity index (χ0n) is 10.8. The van der Waals surface area contributed by atoms with Crippen molar-refractivity contribution in [2.75, 3.05) is 4.72 Å². The van der Waals surface area contributed by atoms with E-state index >= 15 is 0 Å². The second kappa shape index (κ2) is 5.00. The lowest BCUT2D eigenvalue weighted by Gasteiger charge is -2.01. The summed E-state index contributed by atoms with van der Waals surface area (Å²) in [5.41, 5.74) is 0.432. The van der Waals surface area contributed by atoms with Gasteiger partial charge in [0.05, 0.1) is 5.69 Å². The number of rotatable bonds is 5. The van der Waals surface area contributed by atoms with Gasteiger partial charge in [0.25, 0.3) is 10.0 Å².